The van der Waals surface area contributed by atoms with Gasteiger partial charge in [-0.25, -0.2) is 15.4 Å². The fraction of sp³-hybridized carbons (Fsp3) is 0.438. The molecule has 7 heteroatoms. The molecule has 0 amide bonds. The van der Waals surface area contributed by atoms with Crippen molar-refractivity contribution < 1.29 is 4.84 Å². The quantitative estimate of drug-likeness (QED) is 0.632. The molecule has 23 heavy (non-hydrogen) atoms. The fourth-order valence-electron chi connectivity index (χ4n) is 2.86. The number of H-pyrrole nitrogens is 1. The Morgan fingerprint density at radius 1 is 1.48 bits per heavy atom. The van der Waals surface area contributed by atoms with Gasteiger partial charge in [0.25, 0.3) is 0 Å². The molecule has 1 aliphatic rings. The molecule has 122 valence electrons. The Morgan fingerprint density at radius 3 is 3.22 bits per heavy atom. The van der Waals surface area contributed by atoms with Crippen molar-refractivity contribution in [3.05, 3.63) is 30.5 Å². The molecule has 3 heterocycles. The molecule has 2 aromatic rings. The average Bonchev–Trinajstić information content (AvgIpc) is 3.07. The van der Waals surface area contributed by atoms with Crippen LogP contribution in [-0.2, 0) is 4.84 Å². The fourth-order valence-corrected chi connectivity index (χ4v) is 2.86. The summed E-state index contributed by atoms with van der Waals surface area (Å²) in [5, 5.41) is 7.07. The van der Waals surface area contributed by atoms with Crippen molar-refractivity contribution in [2.45, 2.75) is 32.2 Å². The van der Waals surface area contributed by atoms with Gasteiger partial charge in [0.05, 0.1) is 5.69 Å². The number of aromatic amines is 1. The van der Waals surface area contributed by atoms with E-state index >= 15 is 0 Å². The van der Waals surface area contributed by atoms with Gasteiger partial charge in [-0.05, 0) is 24.5 Å². The first-order valence-corrected chi connectivity index (χ1v) is 7.89. The van der Waals surface area contributed by atoms with Crippen molar-refractivity contribution >= 4 is 22.8 Å². The minimum Gasteiger partial charge on any atom is -0.399 e. The number of hydrazine groups is 1. The number of nitrogens with zero attached hydrogens (tertiary/aromatic N) is 4. The molecule has 0 saturated heterocycles. The smallest absolute Gasteiger partial charge is 0.141 e. The van der Waals surface area contributed by atoms with Crippen molar-refractivity contribution in [3.63, 3.8) is 0 Å². The minimum atomic E-state index is 0.327. The predicted octanol–water partition coefficient (Wildman–Crippen LogP) is 2.31. The topological polar surface area (TPSA) is 78.4 Å². The first-order chi connectivity index (χ1) is 11.3. The number of oxime groups is 1. The first kappa shape index (κ1) is 15.5. The van der Waals surface area contributed by atoms with Crippen LogP contribution in [0.3, 0.4) is 0 Å². The summed E-state index contributed by atoms with van der Waals surface area (Å²) >= 11 is 0. The molecule has 1 atom stereocenters. The van der Waals surface area contributed by atoms with Crippen LogP contribution in [0.25, 0.3) is 16.6 Å². The number of hydrogen-bond donors (Lipinski definition) is 2. The third-order valence-electron chi connectivity index (χ3n) is 4.06. The number of fused-ring (bicyclic) bond motifs is 1. The first-order valence-electron chi connectivity index (χ1n) is 7.89. The Hall–Kier alpha value is -2.41. The van der Waals surface area contributed by atoms with Crippen LogP contribution < -0.4 is 5.43 Å². The second kappa shape index (κ2) is 7.23. The molecule has 1 aliphatic heterocycles. The molecule has 0 fully saturated rings. The second-order valence-corrected chi connectivity index (χ2v) is 5.45. The van der Waals surface area contributed by atoms with E-state index in [-0.39, 0.29) is 0 Å². The Morgan fingerprint density at radius 2 is 2.39 bits per heavy atom. The maximum absolute atomic E-state index is 4.75. The molecule has 0 spiro atoms. The number of aromatic nitrogens is 3. The lowest BCUT2D eigenvalue weighted by Crippen LogP contribution is -2.44. The summed E-state index contributed by atoms with van der Waals surface area (Å²) in [7, 11) is 1.56. The van der Waals surface area contributed by atoms with Gasteiger partial charge in [-0.2, -0.15) is 0 Å². The van der Waals surface area contributed by atoms with E-state index in [9.17, 15) is 0 Å². The third kappa shape index (κ3) is 3.34. The highest BCUT2D eigenvalue weighted by molar-refractivity contribution is 5.88. The van der Waals surface area contributed by atoms with Crippen molar-refractivity contribution in [2.75, 3.05) is 13.7 Å². The van der Waals surface area contributed by atoms with Gasteiger partial charge in [-0.1, -0.05) is 12.1 Å². The van der Waals surface area contributed by atoms with Crippen LogP contribution in [0.4, 0.5) is 0 Å². The lowest BCUT2D eigenvalue weighted by Gasteiger charge is -2.33. The maximum atomic E-state index is 4.75. The van der Waals surface area contributed by atoms with E-state index in [1.807, 2.05) is 18.5 Å². The molecule has 2 aromatic heterocycles. The minimum absolute atomic E-state index is 0.327. The normalized spacial score (nSPS) is 16.8. The Labute approximate surface area is 135 Å². The van der Waals surface area contributed by atoms with E-state index in [2.05, 4.69) is 43.7 Å². The van der Waals surface area contributed by atoms with E-state index in [4.69, 9.17) is 4.84 Å². The molecular weight excluding hydrogens is 292 g/mol. The van der Waals surface area contributed by atoms with Crippen LogP contribution in [0.2, 0.25) is 0 Å². The zero-order valence-corrected chi connectivity index (χ0v) is 13.5. The standard InChI is InChI=1S/C16H22N6O/c1-3-13(5-9-21-23-2)22-10-12(4-8-20-22)15-14-6-7-17-16(14)19-11-18-15/h6-7,9-11,13,20H,3-5,8H2,1-2H3,(H,17,18,19)/b21-9+. The lowest BCUT2D eigenvalue weighted by atomic mass is 10.0. The van der Waals surface area contributed by atoms with Crippen molar-refractivity contribution in [1.29, 1.82) is 0 Å². The Bertz CT molecular complexity index is 707. The number of rotatable bonds is 6. The highest BCUT2D eigenvalue weighted by Crippen LogP contribution is 2.26. The van der Waals surface area contributed by atoms with Gasteiger partial charge >= 0.3 is 0 Å². The second-order valence-electron chi connectivity index (χ2n) is 5.45. The van der Waals surface area contributed by atoms with Crippen LogP contribution in [0, 0.1) is 0 Å². The molecule has 0 saturated carbocycles. The monoisotopic (exact) mass is 314 g/mol. The van der Waals surface area contributed by atoms with E-state index in [0.717, 1.165) is 42.5 Å². The Kier molecular flexibility index (Phi) is 4.87. The maximum Gasteiger partial charge on any atom is 0.141 e. The van der Waals surface area contributed by atoms with E-state index in [1.54, 1.807) is 13.4 Å². The summed E-state index contributed by atoms with van der Waals surface area (Å²) in [4.78, 5) is 16.6. The van der Waals surface area contributed by atoms with Gasteiger partial charge in [0.1, 0.15) is 19.1 Å². The molecule has 3 rings (SSSR count). The van der Waals surface area contributed by atoms with Gasteiger partial charge in [0, 0.05) is 43.0 Å². The zero-order chi connectivity index (χ0) is 16.1. The summed E-state index contributed by atoms with van der Waals surface area (Å²) in [6.07, 6.45) is 10.3. The summed E-state index contributed by atoms with van der Waals surface area (Å²) in [5.41, 5.74) is 6.54. The van der Waals surface area contributed by atoms with Crippen LogP contribution in [0.5, 0.6) is 0 Å². The lowest BCUT2D eigenvalue weighted by molar-refractivity contribution is 0.185. The number of hydrogen-bond acceptors (Lipinski definition) is 6. The van der Waals surface area contributed by atoms with Gasteiger partial charge in [-0.15, -0.1) is 0 Å². The van der Waals surface area contributed by atoms with Crippen LogP contribution in [0.1, 0.15) is 31.9 Å². The summed E-state index contributed by atoms with van der Waals surface area (Å²) in [5.74, 6) is 0. The van der Waals surface area contributed by atoms with Crippen LogP contribution in [-0.4, -0.2) is 45.9 Å². The molecule has 0 radical (unpaired) electrons. The molecule has 0 aromatic carbocycles. The van der Waals surface area contributed by atoms with E-state index in [1.165, 1.54) is 5.57 Å². The molecule has 1 unspecified atom stereocenters. The Balaban J connectivity index is 1.86. The molecule has 7 nitrogen and oxygen atoms in total. The van der Waals surface area contributed by atoms with Crippen molar-refractivity contribution in [2.24, 2.45) is 5.16 Å². The molecule has 2 N–H and O–H groups in total. The van der Waals surface area contributed by atoms with Crippen molar-refractivity contribution in [3.8, 4) is 0 Å². The van der Waals surface area contributed by atoms with Crippen molar-refractivity contribution in [1.82, 2.24) is 25.4 Å². The predicted molar refractivity (Wildman–Crippen MR) is 90.5 cm³/mol. The van der Waals surface area contributed by atoms with Crippen LogP contribution >= 0.6 is 0 Å². The van der Waals surface area contributed by atoms with E-state index in [0.29, 0.717) is 6.04 Å². The SMILES string of the molecule is CCC(C/C=N/OC)N1C=C(c2ncnc3[nH]ccc23)CCN1. The highest BCUT2D eigenvalue weighted by atomic mass is 16.6. The summed E-state index contributed by atoms with van der Waals surface area (Å²) < 4.78 is 0. The van der Waals surface area contributed by atoms with Crippen LogP contribution in [0.15, 0.2) is 29.9 Å². The summed E-state index contributed by atoms with van der Waals surface area (Å²) in [6, 6.07) is 2.35. The average molecular weight is 314 g/mol. The van der Waals surface area contributed by atoms with Gasteiger partial charge in [-0.3, -0.25) is 0 Å². The molecule has 0 bridgehead atoms. The van der Waals surface area contributed by atoms with Gasteiger partial charge in [0.15, 0.2) is 0 Å². The summed E-state index contributed by atoms with van der Waals surface area (Å²) in [6.45, 7) is 3.06. The third-order valence-corrected chi connectivity index (χ3v) is 4.06. The largest absolute Gasteiger partial charge is 0.399 e. The highest BCUT2D eigenvalue weighted by Gasteiger charge is 2.20. The van der Waals surface area contributed by atoms with E-state index < -0.39 is 0 Å². The molecular formula is C16H22N6O. The number of nitrogens with one attached hydrogen (secondary N) is 2. The molecule has 0 aliphatic carbocycles. The van der Waals surface area contributed by atoms with Gasteiger partial charge in [0.2, 0.25) is 0 Å². The zero-order valence-electron chi connectivity index (χ0n) is 13.5. The van der Waals surface area contributed by atoms with Gasteiger partial charge < -0.3 is 14.8 Å².